The molecule has 0 bridgehead atoms. The maximum absolute atomic E-state index is 12.5. The molecule has 1 aromatic carbocycles. The van der Waals surface area contributed by atoms with Gasteiger partial charge < -0.3 is 5.32 Å². The van der Waals surface area contributed by atoms with E-state index in [-0.39, 0.29) is 22.9 Å². The standard InChI is InChI=1S/C16H16Cl2N4O2/c1-9(2)16(3,7-19)21-13(23)6-22-8-20-14-11(15(22)24)4-10(17)5-12(14)18/h4-5,8-9H,6H2,1-3H3,(H,21,23)/t16-/m1/s1. The number of nitrogens with one attached hydrogen (secondary N) is 1. The molecule has 1 amide bonds. The molecule has 1 atom stereocenters. The zero-order valence-corrected chi connectivity index (χ0v) is 14.9. The molecule has 2 aromatic rings. The van der Waals surface area contributed by atoms with Gasteiger partial charge in [0.15, 0.2) is 0 Å². The topological polar surface area (TPSA) is 87.8 Å². The molecule has 6 nitrogen and oxygen atoms in total. The van der Waals surface area contributed by atoms with Crippen LogP contribution >= 0.6 is 23.2 Å². The number of carbonyl (C=O) groups is 1. The van der Waals surface area contributed by atoms with Gasteiger partial charge in [-0.15, -0.1) is 0 Å². The van der Waals surface area contributed by atoms with Gasteiger partial charge in [0.1, 0.15) is 12.1 Å². The van der Waals surface area contributed by atoms with E-state index in [4.69, 9.17) is 23.2 Å². The lowest BCUT2D eigenvalue weighted by atomic mass is 9.90. The van der Waals surface area contributed by atoms with Gasteiger partial charge in [-0.1, -0.05) is 37.0 Å². The number of fused-ring (bicyclic) bond motifs is 1. The van der Waals surface area contributed by atoms with Crippen molar-refractivity contribution in [3.05, 3.63) is 38.9 Å². The summed E-state index contributed by atoms with van der Waals surface area (Å²) in [6, 6.07) is 5.04. The normalized spacial score (nSPS) is 13.5. The van der Waals surface area contributed by atoms with E-state index >= 15 is 0 Å². The lowest BCUT2D eigenvalue weighted by molar-refractivity contribution is -0.123. The van der Waals surface area contributed by atoms with Crippen LogP contribution in [0, 0.1) is 17.2 Å². The molecule has 0 aliphatic carbocycles. The van der Waals surface area contributed by atoms with Gasteiger partial charge in [-0.2, -0.15) is 5.26 Å². The van der Waals surface area contributed by atoms with Crippen molar-refractivity contribution in [1.82, 2.24) is 14.9 Å². The van der Waals surface area contributed by atoms with Crippen LogP contribution in [-0.4, -0.2) is 21.0 Å². The number of nitrogens with zero attached hydrogens (tertiary/aromatic N) is 3. The van der Waals surface area contributed by atoms with Gasteiger partial charge in [0.05, 0.1) is 28.3 Å². The van der Waals surface area contributed by atoms with E-state index in [9.17, 15) is 14.9 Å². The van der Waals surface area contributed by atoms with Crippen molar-refractivity contribution in [3.63, 3.8) is 0 Å². The Balaban J connectivity index is 2.35. The van der Waals surface area contributed by atoms with Gasteiger partial charge in [0.25, 0.3) is 5.56 Å². The summed E-state index contributed by atoms with van der Waals surface area (Å²) in [5, 5.41) is 12.7. The van der Waals surface area contributed by atoms with Crippen LogP contribution in [0.15, 0.2) is 23.3 Å². The minimum absolute atomic E-state index is 0.0875. The van der Waals surface area contributed by atoms with E-state index in [1.165, 1.54) is 18.5 Å². The van der Waals surface area contributed by atoms with Crippen LogP contribution in [0.4, 0.5) is 0 Å². The average molecular weight is 367 g/mol. The fourth-order valence-electron chi connectivity index (χ4n) is 2.09. The predicted molar refractivity (Wildman–Crippen MR) is 93.0 cm³/mol. The monoisotopic (exact) mass is 366 g/mol. The highest BCUT2D eigenvalue weighted by Gasteiger charge is 2.30. The highest BCUT2D eigenvalue weighted by atomic mass is 35.5. The molecule has 0 aliphatic heterocycles. The molecule has 0 radical (unpaired) electrons. The van der Waals surface area contributed by atoms with Gasteiger partial charge in [0, 0.05) is 5.02 Å². The third-order valence-electron chi connectivity index (χ3n) is 3.95. The van der Waals surface area contributed by atoms with Crippen molar-refractivity contribution in [1.29, 1.82) is 5.26 Å². The largest absolute Gasteiger partial charge is 0.336 e. The molecule has 1 N–H and O–H groups in total. The quantitative estimate of drug-likeness (QED) is 0.900. The smallest absolute Gasteiger partial charge is 0.261 e. The van der Waals surface area contributed by atoms with E-state index in [1.54, 1.807) is 6.92 Å². The minimum Gasteiger partial charge on any atom is -0.336 e. The van der Waals surface area contributed by atoms with Crippen LogP contribution in [0.1, 0.15) is 20.8 Å². The third kappa shape index (κ3) is 3.53. The van der Waals surface area contributed by atoms with E-state index in [2.05, 4.69) is 16.4 Å². The lowest BCUT2D eigenvalue weighted by Crippen LogP contribution is -2.50. The molecule has 0 spiro atoms. The van der Waals surface area contributed by atoms with Crippen molar-refractivity contribution < 1.29 is 4.79 Å². The second kappa shape index (κ2) is 6.80. The molecule has 0 fully saturated rings. The summed E-state index contributed by atoms with van der Waals surface area (Å²) in [5.74, 6) is -0.542. The summed E-state index contributed by atoms with van der Waals surface area (Å²) >= 11 is 11.9. The van der Waals surface area contributed by atoms with E-state index in [1.807, 2.05) is 13.8 Å². The van der Waals surface area contributed by atoms with Crippen LogP contribution < -0.4 is 10.9 Å². The summed E-state index contributed by atoms with van der Waals surface area (Å²) < 4.78 is 1.16. The fraction of sp³-hybridized carbons (Fsp3) is 0.375. The molecular formula is C16H16Cl2N4O2. The molecule has 1 heterocycles. The maximum Gasteiger partial charge on any atom is 0.261 e. The Bertz CT molecular complexity index is 901. The molecule has 0 aliphatic rings. The number of benzene rings is 1. The highest BCUT2D eigenvalue weighted by Crippen LogP contribution is 2.24. The lowest BCUT2D eigenvalue weighted by Gasteiger charge is -2.27. The Hall–Kier alpha value is -2.10. The zero-order valence-electron chi connectivity index (χ0n) is 13.4. The van der Waals surface area contributed by atoms with E-state index in [0.29, 0.717) is 10.5 Å². The molecule has 0 unspecified atom stereocenters. The summed E-state index contributed by atoms with van der Waals surface area (Å²) in [5.41, 5.74) is -1.12. The van der Waals surface area contributed by atoms with Crippen LogP contribution in [0.2, 0.25) is 10.0 Å². The maximum atomic E-state index is 12.5. The van der Waals surface area contributed by atoms with Crippen LogP contribution in [0.3, 0.4) is 0 Å². The van der Waals surface area contributed by atoms with Crippen molar-refractivity contribution in [2.24, 2.45) is 5.92 Å². The number of amides is 1. The fourth-order valence-corrected chi connectivity index (χ4v) is 2.63. The van der Waals surface area contributed by atoms with Crippen molar-refractivity contribution in [2.75, 3.05) is 0 Å². The summed E-state index contributed by atoms with van der Waals surface area (Å²) in [7, 11) is 0. The number of halogens is 2. The molecule has 126 valence electrons. The molecular weight excluding hydrogens is 351 g/mol. The molecule has 1 aromatic heterocycles. The average Bonchev–Trinajstić information content (AvgIpc) is 2.50. The summed E-state index contributed by atoms with van der Waals surface area (Å²) in [4.78, 5) is 28.8. The second-order valence-corrected chi connectivity index (χ2v) is 6.82. The zero-order chi connectivity index (χ0) is 18.1. The molecule has 2 rings (SSSR count). The van der Waals surface area contributed by atoms with Gasteiger partial charge in [-0.3, -0.25) is 14.2 Å². The Kier molecular flexibility index (Phi) is 5.16. The van der Waals surface area contributed by atoms with Gasteiger partial charge in [-0.25, -0.2) is 4.98 Å². The number of nitriles is 1. The first kappa shape index (κ1) is 18.2. The molecule has 24 heavy (non-hydrogen) atoms. The SMILES string of the molecule is CC(C)[C@@](C)(C#N)NC(=O)Cn1cnc2c(Cl)cc(Cl)cc2c1=O. The van der Waals surface area contributed by atoms with Crippen molar-refractivity contribution >= 4 is 40.0 Å². The van der Waals surface area contributed by atoms with Crippen molar-refractivity contribution in [3.8, 4) is 6.07 Å². The predicted octanol–water partition coefficient (Wildman–Crippen LogP) is 2.76. The second-order valence-electron chi connectivity index (χ2n) is 5.98. The first-order valence-corrected chi connectivity index (χ1v) is 8.00. The molecule has 8 heteroatoms. The molecule has 0 saturated heterocycles. The van der Waals surface area contributed by atoms with Gasteiger partial charge in [0.2, 0.25) is 5.91 Å². The highest BCUT2D eigenvalue weighted by molar-refractivity contribution is 6.38. The van der Waals surface area contributed by atoms with E-state index < -0.39 is 17.0 Å². The van der Waals surface area contributed by atoms with Crippen LogP contribution in [0.5, 0.6) is 0 Å². The minimum atomic E-state index is -1.02. The van der Waals surface area contributed by atoms with Crippen molar-refractivity contribution in [2.45, 2.75) is 32.9 Å². The van der Waals surface area contributed by atoms with Crippen LogP contribution in [0.25, 0.3) is 10.9 Å². The number of hydrogen-bond acceptors (Lipinski definition) is 4. The van der Waals surface area contributed by atoms with Gasteiger partial charge in [-0.05, 0) is 25.0 Å². The Morgan fingerprint density at radius 3 is 2.71 bits per heavy atom. The third-order valence-corrected chi connectivity index (χ3v) is 4.45. The number of aromatic nitrogens is 2. The summed E-state index contributed by atoms with van der Waals surface area (Å²) in [6.07, 6.45) is 1.25. The number of hydrogen-bond donors (Lipinski definition) is 1. The first-order chi connectivity index (χ1) is 11.2. The Labute approximate surface area is 149 Å². The molecule has 0 saturated carbocycles. The first-order valence-electron chi connectivity index (χ1n) is 7.24. The van der Waals surface area contributed by atoms with Crippen LogP contribution in [-0.2, 0) is 11.3 Å². The Morgan fingerprint density at radius 1 is 1.46 bits per heavy atom. The number of rotatable bonds is 4. The van der Waals surface area contributed by atoms with Gasteiger partial charge >= 0.3 is 0 Å². The Morgan fingerprint density at radius 2 is 2.12 bits per heavy atom. The van der Waals surface area contributed by atoms with E-state index in [0.717, 1.165) is 4.57 Å². The number of carbonyl (C=O) groups excluding carboxylic acids is 1. The summed E-state index contributed by atoms with van der Waals surface area (Å²) in [6.45, 7) is 5.04.